The van der Waals surface area contributed by atoms with E-state index in [1.807, 2.05) is 12.1 Å². The Morgan fingerprint density at radius 1 is 1.19 bits per heavy atom. The van der Waals surface area contributed by atoms with Crippen LogP contribution < -0.4 is 10.6 Å². The molecule has 0 aromatic heterocycles. The smallest absolute Gasteiger partial charge is 0.220 e. The van der Waals surface area contributed by atoms with Crippen molar-refractivity contribution in [3.05, 3.63) is 35.6 Å². The highest BCUT2D eigenvalue weighted by Gasteiger charge is 2.34. The number of fused-ring (bicyclic) bond motifs is 2. The summed E-state index contributed by atoms with van der Waals surface area (Å²) in [4.78, 5) is 14.9. The van der Waals surface area contributed by atoms with Crippen LogP contribution in [0.2, 0.25) is 0 Å². The SMILES string of the molecule is O=C(CC1CC2CCC(C1)N2)NCC(c1ccc(F)cc1)N1CCOCC1. The lowest BCUT2D eigenvalue weighted by atomic mass is 9.89. The zero-order chi connectivity index (χ0) is 18.6. The van der Waals surface area contributed by atoms with E-state index >= 15 is 0 Å². The van der Waals surface area contributed by atoms with Crippen LogP contribution >= 0.6 is 0 Å². The fourth-order valence-corrected chi connectivity index (χ4v) is 4.92. The molecule has 6 heteroatoms. The van der Waals surface area contributed by atoms with Gasteiger partial charge < -0.3 is 15.4 Å². The van der Waals surface area contributed by atoms with Crippen molar-refractivity contribution >= 4 is 5.91 Å². The van der Waals surface area contributed by atoms with E-state index in [9.17, 15) is 9.18 Å². The second kappa shape index (κ2) is 8.67. The predicted octanol–water partition coefficient (Wildman–Crippen LogP) is 2.24. The molecule has 148 valence electrons. The Morgan fingerprint density at radius 2 is 1.85 bits per heavy atom. The first kappa shape index (κ1) is 18.8. The molecule has 3 saturated heterocycles. The minimum Gasteiger partial charge on any atom is -0.379 e. The third-order valence-electron chi connectivity index (χ3n) is 6.28. The summed E-state index contributed by atoms with van der Waals surface area (Å²) in [5.41, 5.74) is 1.04. The van der Waals surface area contributed by atoms with Crippen LogP contribution in [-0.2, 0) is 9.53 Å². The summed E-state index contributed by atoms with van der Waals surface area (Å²) in [6.45, 7) is 3.61. The first-order valence-corrected chi connectivity index (χ1v) is 10.3. The molecular formula is C21H30FN3O2. The fraction of sp³-hybridized carbons (Fsp3) is 0.667. The minimum absolute atomic E-state index is 0.0580. The van der Waals surface area contributed by atoms with E-state index in [1.165, 1.54) is 25.0 Å². The van der Waals surface area contributed by atoms with Crippen LogP contribution in [0, 0.1) is 11.7 Å². The Hall–Kier alpha value is -1.50. The molecule has 3 heterocycles. The maximum Gasteiger partial charge on any atom is 0.220 e. The molecule has 3 aliphatic heterocycles. The Morgan fingerprint density at radius 3 is 2.52 bits per heavy atom. The number of nitrogens with zero attached hydrogens (tertiary/aromatic N) is 1. The topological polar surface area (TPSA) is 53.6 Å². The molecule has 1 aromatic rings. The Bertz CT molecular complexity index is 621. The summed E-state index contributed by atoms with van der Waals surface area (Å²) < 4.78 is 18.8. The van der Waals surface area contributed by atoms with E-state index in [2.05, 4.69) is 15.5 Å². The maximum absolute atomic E-state index is 13.3. The largest absolute Gasteiger partial charge is 0.379 e. The normalized spacial score (nSPS) is 29.4. The molecule has 3 aliphatic rings. The third kappa shape index (κ3) is 4.86. The Labute approximate surface area is 160 Å². The molecule has 1 aromatic carbocycles. The first-order valence-electron chi connectivity index (χ1n) is 10.3. The average Bonchev–Trinajstić information content (AvgIpc) is 3.02. The van der Waals surface area contributed by atoms with Crippen molar-refractivity contribution in [1.82, 2.24) is 15.5 Å². The zero-order valence-corrected chi connectivity index (χ0v) is 15.8. The Kier molecular flexibility index (Phi) is 6.05. The van der Waals surface area contributed by atoms with Crippen molar-refractivity contribution in [2.75, 3.05) is 32.8 Å². The second-order valence-electron chi connectivity index (χ2n) is 8.20. The number of hydrogen-bond acceptors (Lipinski definition) is 4. The standard InChI is InChI=1S/C21H30FN3O2/c22-17-3-1-16(2-4-17)20(25-7-9-27-10-8-25)14-23-21(26)13-15-11-18-5-6-19(12-15)24-18/h1-4,15,18-20,24H,5-14H2,(H,23,26). The number of benzene rings is 1. The number of carbonyl (C=O) groups is 1. The van der Waals surface area contributed by atoms with Crippen molar-refractivity contribution in [3.8, 4) is 0 Å². The summed E-state index contributed by atoms with van der Waals surface area (Å²) in [5.74, 6) is 0.405. The van der Waals surface area contributed by atoms with Gasteiger partial charge >= 0.3 is 0 Å². The van der Waals surface area contributed by atoms with E-state index in [-0.39, 0.29) is 17.8 Å². The number of carbonyl (C=O) groups excluding carboxylic acids is 1. The van der Waals surface area contributed by atoms with Gasteiger partial charge in [-0.25, -0.2) is 4.39 Å². The number of amides is 1. The van der Waals surface area contributed by atoms with Gasteiger partial charge in [0.2, 0.25) is 5.91 Å². The lowest BCUT2D eigenvalue weighted by Gasteiger charge is -2.35. The number of rotatable bonds is 6. The molecule has 3 fully saturated rings. The van der Waals surface area contributed by atoms with Crippen LogP contribution in [0.5, 0.6) is 0 Å². The molecule has 1 amide bonds. The Balaban J connectivity index is 1.34. The van der Waals surface area contributed by atoms with Crippen LogP contribution in [-0.4, -0.2) is 55.7 Å². The van der Waals surface area contributed by atoms with Crippen molar-refractivity contribution < 1.29 is 13.9 Å². The van der Waals surface area contributed by atoms with E-state index in [0.717, 1.165) is 31.5 Å². The van der Waals surface area contributed by atoms with E-state index < -0.39 is 0 Å². The number of piperidine rings is 1. The highest BCUT2D eigenvalue weighted by molar-refractivity contribution is 5.76. The highest BCUT2D eigenvalue weighted by Crippen LogP contribution is 2.32. The molecule has 3 unspecified atom stereocenters. The van der Waals surface area contributed by atoms with Gasteiger partial charge in [0, 0.05) is 38.1 Å². The van der Waals surface area contributed by atoms with E-state index in [4.69, 9.17) is 4.74 Å². The van der Waals surface area contributed by atoms with Gasteiger partial charge in [0.05, 0.1) is 19.3 Å². The molecule has 0 spiro atoms. The second-order valence-corrected chi connectivity index (χ2v) is 8.20. The molecule has 2 N–H and O–H groups in total. The molecular weight excluding hydrogens is 345 g/mol. The minimum atomic E-state index is -0.232. The van der Waals surface area contributed by atoms with Crippen LogP contribution in [0.3, 0.4) is 0 Å². The van der Waals surface area contributed by atoms with Gasteiger partial charge in [0.25, 0.3) is 0 Å². The molecule has 0 aliphatic carbocycles. The fourth-order valence-electron chi connectivity index (χ4n) is 4.92. The third-order valence-corrected chi connectivity index (χ3v) is 6.28. The average molecular weight is 375 g/mol. The van der Waals surface area contributed by atoms with Gasteiger partial charge in [-0.2, -0.15) is 0 Å². The van der Waals surface area contributed by atoms with Crippen LogP contribution in [0.15, 0.2) is 24.3 Å². The van der Waals surface area contributed by atoms with Crippen LogP contribution in [0.4, 0.5) is 4.39 Å². The number of halogens is 1. The summed E-state index contributed by atoms with van der Waals surface area (Å²) in [5, 5.41) is 6.79. The molecule has 0 saturated carbocycles. The lowest BCUT2D eigenvalue weighted by Crippen LogP contribution is -2.44. The molecule has 0 radical (unpaired) electrons. The van der Waals surface area contributed by atoms with Gasteiger partial charge in [-0.1, -0.05) is 12.1 Å². The highest BCUT2D eigenvalue weighted by atomic mass is 19.1. The monoisotopic (exact) mass is 375 g/mol. The number of nitrogens with one attached hydrogen (secondary N) is 2. The van der Waals surface area contributed by atoms with Crippen LogP contribution in [0.1, 0.15) is 43.7 Å². The predicted molar refractivity (Wildman–Crippen MR) is 102 cm³/mol. The molecule has 2 bridgehead atoms. The van der Waals surface area contributed by atoms with Gasteiger partial charge in [-0.15, -0.1) is 0 Å². The van der Waals surface area contributed by atoms with Crippen LogP contribution in [0.25, 0.3) is 0 Å². The molecule has 4 rings (SSSR count). The quantitative estimate of drug-likeness (QED) is 0.801. The zero-order valence-electron chi connectivity index (χ0n) is 15.8. The molecule has 5 nitrogen and oxygen atoms in total. The number of hydrogen-bond donors (Lipinski definition) is 2. The summed E-state index contributed by atoms with van der Waals surface area (Å²) in [7, 11) is 0. The summed E-state index contributed by atoms with van der Waals surface area (Å²) in [6.07, 6.45) is 5.37. The summed E-state index contributed by atoms with van der Waals surface area (Å²) >= 11 is 0. The van der Waals surface area contributed by atoms with Gasteiger partial charge in [0.1, 0.15) is 5.82 Å². The van der Waals surface area contributed by atoms with Crippen molar-refractivity contribution in [2.24, 2.45) is 5.92 Å². The molecule has 3 atom stereocenters. The van der Waals surface area contributed by atoms with Crippen molar-refractivity contribution in [3.63, 3.8) is 0 Å². The van der Waals surface area contributed by atoms with E-state index in [0.29, 0.717) is 44.2 Å². The number of morpholine rings is 1. The maximum atomic E-state index is 13.3. The van der Waals surface area contributed by atoms with Gasteiger partial charge in [0.15, 0.2) is 0 Å². The van der Waals surface area contributed by atoms with Crippen molar-refractivity contribution in [1.29, 1.82) is 0 Å². The summed E-state index contributed by atoms with van der Waals surface area (Å²) in [6, 6.07) is 7.93. The van der Waals surface area contributed by atoms with E-state index in [1.54, 1.807) is 0 Å². The first-order chi connectivity index (χ1) is 13.2. The lowest BCUT2D eigenvalue weighted by molar-refractivity contribution is -0.122. The molecule has 27 heavy (non-hydrogen) atoms. The number of ether oxygens (including phenoxy) is 1. The van der Waals surface area contributed by atoms with Crippen molar-refractivity contribution in [2.45, 2.75) is 50.2 Å². The van der Waals surface area contributed by atoms with Gasteiger partial charge in [-0.05, 0) is 49.3 Å². The van der Waals surface area contributed by atoms with Gasteiger partial charge in [-0.3, -0.25) is 9.69 Å².